The van der Waals surface area contributed by atoms with Crippen LogP contribution < -0.4 is 10.6 Å². The fourth-order valence-corrected chi connectivity index (χ4v) is 2.11. The summed E-state index contributed by atoms with van der Waals surface area (Å²) in [5.74, 6) is -0.128. The molecule has 0 aliphatic carbocycles. The molecular formula is C18H20N2O2. The highest BCUT2D eigenvalue weighted by atomic mass is 16.2. The van der Waals surface area contributed by atoms with E-state index in [9.17, 15) is 9.59 Å². The number of carbonyl (C=O) groups is 2. The molecule has 0 spiro atoms. The first kappa shape index (κ1) is 15.8. The summed E-state index contributed by atoms with van der Waals surface area (Å²) in [6, 6.07) is 15.0. The van der Waals surface area contributed by atoms with Gasteiger partial charge in [0.25, 0.3) is 0 Å². The Labute approximate surface area is 130 Å². The molecule has 0 heterocycles. The molecule has 2 amide bonds. The van der Waals surface area contributed by atoms with Crippen LogP contribution in [0.25, 0.3) is 0 Å². The third-order valence-corrected chi connectivity index (χ3v) is 3.36. The van der Waals surface area contributed by atoms with Crippen molar-refractivity contribution in [1.29, 1.82) is 0 Å². The molecule has 22 heavy (non-hydrogen) atoms. The van der Waals surface area contributed by atoms with Gasteiger partial charge >= 0.3 is 0 Å². The third-order valence-electron chi connectivity index (χ3n) is 3.36. The van der Waals surface area contributed by atoms with Crippen LogP contribution in [0.5, 0.6) is 0 Å². The lowest BCUT2D eigenvalue weighted by Gasteiger charge is -2.09. The lowest BCUT2D eigenvalue weighted by Crippen LogP contribution is -2.15. The highest BCUT2D eigenvalue weighted by Crippen LogP contribution is 2.16. The second-order valence-electron chi connectivity index (χ2n) is 5.13. The van der Waals surface area contributed by atoms with Crippen molar-refractivity contribution in [2.24, 2.45) is 0 Å². The van der Waals surface area contributed by atoms with E-state index in [4.69, 9.17) is 0 Å². The Morgan fingerprint density at radius 1 is 0.909 bits per heavy atom. The number of amides is 2. The summed E-state index contributed by atoms with van der Waals surface area (Å²) >= 11 is 0. The SMILES string of the molecule is CCC(=O)Nc1cccc(NC(=O)Cc2ccccc2C)c1. The van der Waals surface area contributed by atoms with Gasteiger partial charge in [0.1, 0.15) is 0 Å². The maximum atomic E-state index is 12.1. The van der Waals surface area contributed by atoms with Crippen LogP contribution in [-0.4, -0.2) is 11.8 Å². The third kappa shape index (κ3) is 4.45. The van der Waals surface area contributed by atoms with Gasteiger partial charge in [-0.3, -0.25) is 9.59 Å². The summed E-state index contributed by atoms with van der Waals surface area (Å²) in [6.45, 7) is 3.78. The molecule has 0 unspecified atom stereocenters. The minimum atomic E-state index is -0.0757. The van der Waals surface area contributed by atoms with Crippen molar-refractivity contribution in [3.63, 3.8) is 0 Å². The van der Waals surface area contributed by atoms with Gasteiger partial charge in [0.05, 0.1) is 6.42 Å². The van der Waals surface area contributed by atoms with E-state index >= 15 is 0 Å². The van der Waals surface area contributed by atoms with Crippen molar-refractivity contribution < 1.29 is 9.59 Å². The van der Waals surface area contributed by atoms with E-state index in [0.717, 1.165) is 11.1 Å². The zero-order valence-corrected chi connectivity index (χ0v) is 12.8. The predicted molar refractivity (Wildman–Crippen MR) is 88.9 cm³/mol. The van der Waals surface area contributed by atoms with Gasteiger partial charge in [0.2, 0.25) is 11.8 Å². The minimum absolute atomic E-state index is 0.0524. The number of carbonyl (C=O) groups excluding carboxylic acids is 2. The monoisotopic (exact) mass is 296 g/mol. The zero-order valence-electron chi connectivity index (χ0n) is 12.8. The molecular weight excluding hydrogens is 276 g/mol. The summed E-state index contributed by atoms with van der Waals surface area (Å²) in [7, 11) is 0. The van der Waals surface area contributed by atoms with Crippen LogP contribution in [0, 0.1) is 6.92 Å². The molecule has 0 aromatic heterocycles. The number of aryl methyl sites for hydroxylation is 1. The van der Waals surface area contributed by atoms with Crippen molar-refractivity contribution >= 4 is 23.2 Å². The predicted octanol–water partition coefficient (Wildman–Crippen LogP) is 3.52. The van der Waals surface area contributed by atoms with E-state index in [0.29, 0.717) is 24.2 Å². The van der Waals surface area contributed by atoms with E-state index in [1.165, 1.54) is 0 Å². The molecule has 0 aliphatic heterocycles. The second-order valence-corrected chi connectivity index (χ2v) is 5.13. The van der Waals surface area contributed by atoms with Crippen molar-refractivity contribution in [2.75, 3.05) is 10.6 Å². The number of rotatable bonds is 5. The van der Waals surface area contributed by atoms with Crippen LogP contribution in [0.2, 0.25) is 0 Å². The van der Waals surface area contributed by atoms with E-state index in [-0.39, 0.29) is 11.8 Å². The van der Waals surface area contributed by atoms with Crippen LogP contribution in [-0.2, 0) is 16.0 Å². The molecule has 114 valence electrons. The first-order chi connectivity index (χ1) is 10.6. The largest absolute Gasteiger partial charge is 0.326 e. The van der Waals surface area contributed by atoms with Crippen LogP contribution in [0.15, 0.2) is 48.5 Å². The van der Waals surface area contributed by atoms with Gasteiger partial charge < -0.3 is 10.6 Å². The maximum absolute atomic E-state index is 12.1. The van der Waals surface area contributed by atoms with E-state index < -0.39 is 0 Å². The molecule has 0 atom stereocenters. The van der Waals surface area contributed by atoms with E-state index in [1.807, 2.05) is 31.2 Å². The lowest BCUT2D eigenvalue weighted by atomic mass is 10.1. The number of hydrogen-bond donors (Lipinski definition) is 2. The highest BCUT2D eigenvalue weighted by Gasteiger charge is 2.07. The number of benzene rings is 2. The molecule has 2 N–H and O–H groups in total. The van der Waals surface area contributed by atoms with Crippen LogP contribution in [0.3, 0.4) is 0 Å². The normalized spacial score (nSPS) is 10.1. The first-order valence-corrected chi connectivity index (χ1v) is 7.32. The molecule has 0 fully saturated rings. The maximum Gasteiger partial charge on any atom is 0.228 e. The standard InChI is InChI=1S/C18H20N2O2/c1-3-17(21)19-15-9-6-10-16(12-15)20-18(22)11-14-8-5-4-7-13(14)2/h4-10,12H,3,11H2,1-2H3,(H,19,21)(H,20,22). The zero-order chi connectivity index (χ0) is 15.9. The second kappa shape index (κ2) is 7.41. The molecule has 0 saturated heterocycles. The van der Waals surface area contributed by atoms with Crippen molar-refractivity contribution in [1.82, 2.24) is 0 Å². The molecule has 0 aliphatic rings. The van der Waals surface area contributed by atoms with Gasteiger partial charge in [-0.15, -0.1) is 0 Å². The molecule has 0 radical (unpaired) electrons. The average Bonchev–Trinajstić information content (AvgIpc) is 2.50. The highest BCUT2D eigenvalue weighted by molar-refractivity contribution is 5.94. The molecule has 0 saturated carbocycles. The summed E-state index contributed by atoms with van der Waals surface area (Å²) in [5, 5.41) is 5.63. The Kier molecular flexibility index (Phi) is 5.31. The van der Waals surface area contributed by atoms with Gasteiger partial charge in [-0.1, -0.05) is 37.3 Å². The first-order valence-electron chi connectivity index (χ1n) is 7.32. The van der Waals surface area contributed by atoms with Gasteiger partial charge in [-0.25, -0.2) is 0 Å². The average molecular weight is 296 g/mol. The summed E-state index contributed by atoms with van der Waals surface area (Å²) in [4.78, 5) is 23.5. The fraction of sp³-hybridized carbons (Fsp3) is 0.222. The Balaban J connectivity index is 2.01. The number of nitrogens with one attached hydrogen (secondary N) is 2. The van der Waals surface area contributed by atoms with Gasteiger partial charge in [-0.2, -0.15) is 0 Å². The van der Waals surface area contributed by atoms with Crippen LogP contribution in [0.4, 0.5) is 11.4 Å². The Hall–Kier alpha value is -2.62. The summed E-state index contributed by atoms with van der Waals surface area (Å²) in [6.07, 6.45) is 0.752. The molecule has 0 bridgehead atoms. The lowest BCUT2D eigenvalue weighted by molar-refractivity contribution is -0.116. The minimum Gasteiger partial charge on any atom is -0.326 e. The molecule has 2 aromatic carbocycles. The number of hydrogen-bond acceptors (Lipinski definition) is 2. The quantitative estimate of drug-likeness (QED) is 0.887. The fourth-order valence-electron chi connectivity index (χ4n) is 2.11. The van der Waals surface area contributed by atoms with Crippen LogP contribution >= 0.6 is 0 Å². The van der Waals surface area contributed by atoms with Crippen LogP contribution in [0.1, 0.15) is 24.5 Å². The number of anilines is 2. The Morgan fingerprint density at radius 2 is 1.55 bits per heavy atom. The van der Waals surface area contributed by atoms with E-state index in [2.05, 4.69) is 10.6 Å². The van der Waals surface area contributed by atoms with Crippen molar-refractivity contribution in [2.45, 2.75) is 26.7 Å². The van der Waals surface area contributed by atoms with E-state index in [1.54, 1.807) is 31.2 Å². The smallest absolute Gasteiger partial charge is 0.228 e. The van der Waals surface area contributed by atoms with Crippen molar-refractivity contribution in [3.05, 3.63) is 59.7 Å². The van der Waals surface area contributed by atoms with Gasteiger partial charge in [-0.05, 0) is 36.2 Å². The molecule has 2 aromatic rings. The molecule has 2 rings (SSSR count). The van der Waals surface area contributed by atoms with Gasteiger partial charge in [0.15, 0.2) is 0 Å². The van der Waals surface area contributed by atoms with Gasteiger partial charge in [0, 0.05) is 17.8 Å². The molecule has 4 nitrogen and oxygen atoms in total. The van der Waals surface area contributed by atoms with Crippen molar-refractivity contribution in [3.8, 4) is 0 Å². The Bertz CT molecular complexity index is 680. The summed E-state index contributed by atoms with van der Waals surface area (Å²) in [5.41, 5.74) is 3.46. The topological polar surface area (TPSA) is 58.2 Å². The Morgan fingerprint density at radius 3 is 2.18 bits per heavy atom. The summed E-state index contributed by atoms with van der Waals surface area (Å²) < 4.78 is 0. The molecule has 4 heteroatoms.